The molecule has 3 N–H and O–H groups in total. The monoisotopic (exact) mass is 466 g/mol. The Morgan fingerprint density at radius 1 is 1.00 bits per heavy atom. The van der Waals surface area contributed by atoms with Gasteiger partial charge in [-0.15, -0.1) is 0 Å². The molecule has 0 aliphatic carbocycles. The van der Waals surface area contributed by atoms with Gasteiger partial charge in [-0.25, -0.2) is 4.98 Å². The van der Waals surface area contributed by atoms with E-state index in [4.69, 9.17) is 0 Å². The van der Waals surface area contributed by atoms with E-state index in [0.717, 1.165) is 17.3 Å². The molecule has 0 amide bonds. The first-order valence-electron chi connectivity index (χ1n) is 10.2. The molecule has 0 radical (unpaired) electrons. The highest BCUT2D eigenvalue weighted by Gasteiger charge is 2.30. The molecule has 170 valence electrons. The van der Waals surface area contributed by atoms with Crippen LogP contribution in [0.3, 0.4) is 0 Å². The summed E-state index contributed by atoms with van der Waals surface area (Å²) in [4.78, 5) is 16.6. The Morgan fingerprint density at radius 2 is 1.61 bits per heavy atom. The number of aromatic hydroxyl groups is 1. The highest BCUT2D eigenvalue weighted by atomic mass is 32.2. The average molecular weight is 467 g/mol. The third kappa shape index (κ3) is 5.18. The van der Waals surface area contributed by atoms with Crippen LogP contribution in [0.1, 0.15) is 17.0 Å². The number of aromatic nitrogens is 4. The third-order valence-electron chi connectivity index (χ3n) is 5.40. The third-order valence-corrected chi connectivity index (χ3v) is 6.25. The molecule has 10 heteroatoms. The minimum absolute atomic E-state index is 0.0958. The van der Waals surface area contributed by atoms with E-state index in [9.17, 15) is 22.9 Å². The van der Waals surface area contributed by atoms with Crippen molar-refractivity contribution in [1.82, 2.24) is 19.7 Å². The number of hydrogen-bond acceptors (Lipinski definition) is 6. The van der Waals surface area contributed by atoms with E-state index in [0.29, 0.717) is 0 Å². The van der Waals surface area contributed by atoms with Crippen LogP contribution in [-0.4, -0.2) is 43.6 Å². The maximum atomic E-state index is 12.4. The van der Waals surface area contributed by atoms with Gasteiger partial charge in [0.15, 0.2) is 17.3 Å². The minimum atomic E-state index is -4.34. The number of rotatable bonds is 8. The number of imidazole rings is 1. The molecular weight excluding hydrogens is 444 g/mol. The summed E-state index contributed by atoms with van der Waals surface area (Å²) in [6.07, 6.45) is 4.14. The molecule has 1 atom stereocenters. The van der Waals surface area contributed by atoms with Crippen LogP contribution in [0.15, 0.2) is 84.0 Å². The Hall–Kier alpha value is -3.76. The van der Waals surface area contributed by atoms with Gasteiger partial charge in [-0.2, -0.15) is 13.5 Å². The van der Waals surface area contributed by atoms with E-state index in [1.165, 1.54) is 6.20 Å². The Morgan fingerprint density at radius 3 is 2.18 bits per heavy atom. The van der Waals surface area contributed by atoms with Gasteiger partial charge in [0.05, 0.1) is 11.9 Å². The van der Waals surface area contributed by atoms with Gasteiger partial charge >= 0.3 is 0 Å². The van der Waals surface area contributed by atoms with E-state index in [2.05, 4.69) is 15.2 Å². The highest BCUT2D eigenvalue weighted by molar-refractivity contribution is 7.85. The quantitative estimate of drug-likeness (QED) is 0.339. The predicted octanol–water partition coefficient (Wildman–Crippen LogP) is 2.68. The normalized spacial score (nSPS) is 12.7. The fourth-order valence-electron chi connectivity index (χ4n) is 4.06. The van der Waals surface area contributed by atoms with Gasteiger partial charge in [0.2, 0.25) is 0 Å². The molecule has 0 saturated heterocycles. The van der Waals surface area contributed by atoms with E-state index in [1.807, 2.05) is 60.7 Å². The standard InChI is InChI=1S/C23H22N4O5S/c28-19-13-25-26-21(22(19)29)23-24-11-12-27(23)14-18(15-33(30,31)32)20(16-7-3-1-4-8-16)17-9-5-2-6-10-17/h1-13,18,20H,14-15H2,(H,25,29)(H,26,28)(H,30,31,32). The summed E-state index contributed by atoms with van der Waals surface area (Å²) in [5, 5.41) is 16.2. The van der Waals surface area contributed by atoms with Crippen LogP contribution < -0.4 is 5.43 Å². The Labute approximate surface area is 190 Å². The van der Waals surface area contributed by atoms with Crippen molar-refractivity contribution < 1.29 is 18.1 Å². The maximum absolute atomic E-state index is 12.4. The van der Waals surface area contributed by atoms with Crippen LogP contribution in [0.25, 0.3) is 11.5 Å². The molecular formula is C23H22N4O5S. The second-order valence-corrected chi connectivity index (χ2v) is 9.16. The zero-order chi connectivity index (χ0) is 23.4. The van der Waals surface area contributed by atoms with E-state index in [1.54, 1.807) is 10.8 Å². The SMILES string of the molecule is O=c1c(O)c[nH]nc1-c1nccn1CC(CS(=O)(=O)O)C(c1ccccc1)c1ccccc1. The second kappa shape index (κ2) is 9.39. The molecule has 2 aromatic carbocycles. The molecule has 1 unspecified atom stereocenters. The first-order chi connectivity index (χ1) is 15.8. The zero-order valence-corrected chi connectivity index (χ0v) is 18.3. The number of nitrogens with one attached hydrogen (secondary N) is 1. The summed E-state index contributed by atoms with van der Waals surface area (Å²) in [7, 11) is -4.34. The van der Waals surface area contributed by atoms with Gasteiger partial charge in [0.25, 0.3) is 15.5 Å². The van der Waals surface area contributed by atoms with Crippen molar-refractivity contribution in [3.63, 3.8) is 0 Å². The van der Waals surface area contributed by atoms with Gasteiger partial charge in [-0.3, -0.25) is 14.4 Å². The van der Waals surface area contributed by atoms with Crippen molar-refractivity contribution >= 4 is 10.1 Å². The summed E-state index contributed by atoms with van der Waals surface area (Å²) in [5.41, 5.74) is 0.969. The zero-order valence-electron chi connectivity index (χ0n) is 17.4. The minimum Gasteiger partial charge on any atom is -0.503 e. The fraction of sp³-hybridized carbons (Fsp3) is 0.174. The molecule has 2 heterocycles. The molecule has 0 fully saturated rings. The molecule has 0 saturated carbocycles. The van der Waals surface area contributed by atoms with E-state index >= 15 is 0 Å². The summed E-state index contributed by atoms with van der Waals surface area (Å²) in [6, 6.07) is 18.9. The lowest BCUT2D eigenvalue weighted by Gasteiger charge is -2.28. The van der Waals surface area contributed by atoms with Crippen LogP contribution in [0.5, 0.6) is 5.75 Å². The van der Waals surface area contributed by atoms with Crippen molar-refractivity contribution in [2.24, 2.45) is 5.92 Å². The molecule has 4 rings (SSSR count). The van der Waals surface area contributed by atoms with Crippen molar-refractivity contribution in [3.05, 3.63) is 101 Å². The first kappa shape index (κ1) is 22.4. The molecule has 0 spiro atoms. The lowest BCUT2D eigenvalue weighted by molar-refractivity contribution is 0.410. The lowest BCUT2D eigenvalue weighted by Crippen LogP contribution is -2.28. The van der Waals surface area contributed by atoms with Crippen LogP contribution in [0, 0.1) is 5.92 Å². The summed E-state index contributed by atoms with van der Waals surface area (Å²) < 4.78 is 35.4. The van der Waals surface area contributed by atoms with Crippen LogP contribution >= 0.6 is 0 Å². The number of H-pyrrole nitrogens is 1. The van der Waals surface area contributed by atoms with Crippen LogP contribution in [0.2, 0.25) is 0 Å². The van der Waals surface area contributed by atoms with E-state index in [-0.39, 0.29) is 24.0 Å². The lowest BCUT2D eigenvalue weighted by atomic mass is 9.81. The molecule has 2 aromatic heterocycles. The Balaban J connectivity index is 1.81. The highest BCUT2D eigenvalue weighted by Crippen LogP contribution is 2.34. The number of aromatic amines is 1. The van der Waals surface area contributed by atoms with E-state index < -0.39 is 33.0 Å². The summed E-state index contributed by atoms with van der Waals surface area (Å²) in [6.45, 7) is 0.111. The van der Waals surface area contributed by atoms with Crippen molar-refractivity contribution in [2.75, 3.05) is 5.75 Å². The van der Waals surface area contributed by atoms with Gasteiger partial charge in [-0.1, -0.05) is 60.7 Å². The summed E-state index contributed by atoms with van der Waals surface area (Å²) >= 11 is 0. The largest absolute Gasteiger partial charge is 0.503 e. The summed E-state index contributed by atoms with van der Waals surface area (Å²) in [5.74, 6) is -1.83. The van der Waals surface area contributed by atoms with Crippen molar-refractivity contribution in [1.29, 1.82) is 0 Å². The predicted molar refractivity (Wildman–Crippen MR) is 122 cm³/mol. The molecule has 0 bridgehead atoms. The molecule has 9 nitrogen and oxygen atoms in total. The topological polar surface area (TPSA) is 138 Å². The van der Waals surface area contributed by atoms with Crippen LogP contribution in [0.4, 0.5) is 0 Å². The Bertz CT molecular complexity index is 1350. The van der Waals surface area contributed by atoms with Gasteiger partial charge < -0.3 is 9.67 Å². The maximum Gasteiger partial charge on any atom is 0.265 e. The molecule has 0 aliphatic rings. The van der Waals surface area contributed by atoms with Gasteiger partial charge in [0, 0.05) is 30.8 Å². The number of nitrogens with zero attached hydrogens (tertiary/aromatic N) is 3. The van der Waals surface area contributed by atoms with Crippen molar-refractivity contribution in [3.8, 4) is 17.3 Å². The number of benzene rings is 2. The van der Waals surface area contributed by atoms with Crippen LogP contribution in [-0.2, 0) is 16.7 Å². The average Bonchev–Trinajstić information content (AvgIpc) is 3.24. The first-order valence-corrected chi connectivity index (χ1v) is 11.8. The smallest absolute Gasteiger partial charge is 0.265 e. The van der Waals surface area contributed by atoms with Crippen molar-refractivity contribution in [2.45, 2.75) is 12.5 Å². The second-order valence-electron chi connectivity index (χ2n) is 7.66. The van der Waals surface area contributed by atoms with Gasteiger partial charge in [0.1, 0.15) is 0 Å². The van der Waals surface area contributed by atoms with Gasteiger partial charge in [-0.05, 0) is 11.1 Å². The molecule has 0 aliphatic heterocycles. The fourth-order valence-corrected chi connectivity index (χ4v) is 4.89. The molecule has 33 heavy (non-hydrogen) atoms. The number of hydrogen-bond donors (Lipinski definition) is 3. The Kier molecular flexibility index (Phi) is 6.38. The molecule has 4 aromatic rings.